The zero-order valence-corrected chi connectivity index (χ0v) is 9.93. The molecule has 0 spiro atoms. The van der Waals surface area contributed by atoms with E-state index in [0.29, 0.717) is 18.4 Å². The molecule has 4 nitrogen and oxygen atoms in total. The van der Waals surface area contributed by atoms with E-state index in [0.717, 1.165) is 0 Å². The molecule has 1 rings (SSSR count). The topological polar surface area (TPSA) is 54.9 Å². The van der Waals surface area contributed by atoms with Crippen molar-refractivity contribution < 1.29 is 4.79 Å². The number of nitrogens with zero attached hydrogens (tertiary/aromatic N) is 2. The Morgan fingerprint density at radius 2 is 2.07 bits per heavy atom. The Kier molecular flexibility index (Phi) is 4.45. The number of carbonyl (C=O) groups is 1. The second kappa shape index (κ2) is 5.39. The maximum Gasteiger partial charge on any atom is 0.224 e. The molecule has 0 aromatic carbocycles. The molecule has 1 heterocycles. The summed E-state index contributed by atoms with van der Waals surface area (Å²) in [7, 11) is 0. The van der Waals surface area contributed by atoms with Crippen LogP contribution in [0.15, 0.2) is 0 Å². The molecule has 0 bridgehead atoms. The fourth-order valence-electron chi connectivity index (χ4n) is 1.01. The number of halogens is 2. The zero-order valence-electron chi connectivity index (χ0n) is 8.42. The van der Waals surface area contributed by atoms with Crippen LogP contribution in [0.4, 0.5) is 0 Å². The van der Waals surface area contributed by atoms with Gasteiger partial charge in [-0.2, -0.15) is 0 Å². The maximum absolute atomic E-state index is 10.7. The van der Waals surface area contributed by atoms with Gasteiger partial charge in [0.2, 0.25) is 5.28 Å². The van der Waals surface area contributed by atoms with Crippen molar-refractivity contribution in [2.45, 2.75) is 26.4 Å². The van der Waals surface area contributed by atoms with Gasteiger partial charge in [-0.1, -0.05) is 25.4 Å². The first-order valence-electron chi connectivity index (χ1n) is 4.45. The van der Waals surface area contributed by atoms with E-state index in [9.17, 15) is 4.79 Å². The summed E-state index contributed by atoms with van der Waals surface area (Å²) in [6.45, 7) is 4.43. The zero-order chi connectivity index (χ0) is 11.4. The minimum absolute atomic E-state index is 0.0182. The lowest BCUT2D eigenvalue weighted by Gasteiger charge is -2.10. The summed E-state index contributed by atoms with van der Waals surface area (Å²) in [4.78, 5) is 18.3. The summed E-state index contributed by atoms with van der Waals surface area (Å²) < 4.78 is 0. The van der Waals surface area contributed by atoms with Crippen LogP contribution in [0.2, 0.25) is 10.4 Å². The van der Waals surface area contributed by atoms with E-state index in [2.05, 4.69) is 15.3 Å². The Morgan fingerprint density at radius 1 is 1.40 bits per heavy atom. The van der Waals surface area contributed by atoms with Gasteiger partial charge >= 0.3 is 0 Å². The summed E-state index contributed by atoms with van der Waals surface area (Å²) in [5.41, 5.74) is 0.804. The molecule has 0 atom stereocenters. The minimum atomic E-state index is -0.0182. The SMILES string of the molecule is CC(C)NCc1c(Cl)nc(Cl)nc1C=O. The highest BCUT2D eigenvalue weighted by Crippen LogP contribution is 2.17. The van der Waals surface area contributed by atoms with Gasteiger partial charge in [-0.25, -0.2) is 9.97 Å². The third kappa shape index (κ3) is 3.41. The number of nitrogens with one attached hydrogen (secondary N) is 1. The third-order valence-corrected chi connectivity index (χ3v) is 2.24. The average Bonchev–Trinajstić information content (AvgIpc) is 2.14. The second-order valence-electron chi connectivity index (χ2n) is 3.30. The average molecular weight is 248 g/mol. The van der Waals surface area contributed by atoms with E-state index >= 15 is 0 Å². The molecular formula is C9H11Cl2N3O. The molecule has 0 aliphatic heterocycles. The molecule has 1 aromatic heterocycles. The van der Waals surface area contributed by atoms with Crippen LogP contribution in [0.5, 0.6) is 0 Å². The van der Waals surface area contributed by atoms with E-state index < -0.39 is 0 Å². The molecule has 15 heavy (non-hydrogen) atoms. The lowest BCUT2D eigenvalue weighted by atomic mass is 10.2. The van der Waals surface area contributed by atoms with Crippen LogP contribution in [-0.4, -0.2) is 22.3 Å². The molecular weight excluding hydrogens is 237 g/mol. The molecule has 0 saturated heterocycles. The van der Waals surface area contributed by atoms with Crippen molar-refractivity contribution in [3.05, 3.63) is 21.7 Å². The molecule has 0 radical (unpaired) electrons. The lowest BCUT2D eigenvalue weighted by Crippen LogP contribution is -2.23. The predicted octanol–water partition coefficient (Wildman–Crippen LogP) is 2.09. The standard InChI is InChI=1S/C9H11Cl2N3O/c1-5(2)12-3-6-7(4-15)13-9(11)14-8(6)10/h4-5,12H,3H2,1-2H3. The first-order valence-corrected chi connectivity index (χ1v) is 5.20. The fourth-order valence-corrected chi connectivity index (χ4v) is 1.48. The van der Waals surface area contributed by atoms with Crippen molar-refractivity contribution in [3.8, 4) is 0 Å². The Labute approximate surface area is 98.0 Å². The van der Waals surface area contributed by atoms with Crippen molar-refractivity contribution >= 4 is 29.5 Å². The van der Waals surface area contributed by atoms with Crippen LogP contribution in [0.25, 0.3) is 0 Å². The lowest BCUT2D eigenvalue weighted by molar-refractivity contribution is 0.111. The molecule has 1 N–H and O–H groups in total. The first-order chi connectivity index (χ1) is 7.04. The largest absolute Gasteiger partial charge is 0.310 e. The van der Waals surface area contributed by atoms with Gasteiger partial charge in [0.05, 0.1) is 0 Å². The molecule has 0 aliphatic rings. The Morgan fingerprint density at radius 3 is 2.60 bits per heavy atom. The maximum atomic E-state index is 10.7. The molecule has 0 saturated carbocycles. The van der Waals surface area contributed by atoms with Crippen molar-refractivity contribution in [2.24, 2.45) is 0 Å². The van der Waals surface area contributed by atoms with Crippen LogP contribution in [0.3, 0.4) is 0 Å². The fraction of sp³-hybridized carbons (Fsp3) is 0.444. The van der Waals surface area contributed by atoms with Crippen molar-refractivity contribution in [2.75, 3.05) is 0 Å². The Bertz CT molecular complexity index is 369. The molecule has 82 valence electrons. The molecule has 0 aliphatic carbocycles. The van der Waals surface area contributed by atoms with E-state index in [-0.39, 0.29) is 22.2 Å². The number of hydrogen-bond acceptors (Lipinski definition) is 4. The van der Waals surface area contributed by atoms with E-state index in [4.69, 9.17) is 23.2 Å². The van der Waals surface area contributed by atoms with Crippen molar-refractivity contribution in [3.63, 3.8) is 0 Å². The number of carbonyl (C=O) groups excluding carboxylic acids is 1. The first kappa shape index (κ1) is 12.4. The third-order valence-electron chi connectivity index (χ3n) is 1.76. The molecule has 0 unspecified atom stereocenters. The summed E-state index contributed by atoms with van der Waals surface area (Å²) in [6.07, 6.45) is 0.622. The highest BCUT2D eigenvalue weighted by atomic mass is 35.5. The number of hydrogen-bond donors (Lipinski definition) is 1. The minimum Gasteiger partial charge on any atom is -0.310 e. The number of aromatic nitrogens is 2. The Balaban J connectivity index is 2.99. The van der Waals surface area contributed by atoms with Gasteiger partial charge in [0.1, 0.15) is 10.8 Å². The normalized spacial score (nSPS) is 10.7. The van der Waals surface area contributed by atoms with Gasteiger partial charge in [0.25, 0.3) is 0 Å². The number of rotatable bonds is 4. The summed E-state index contributed by atoms with van der Waals surface area (Å²) >= 11 is 11.4. The quantitative estimate of drug-likeness (QED) is 0.503. The van der Waals surface area contributed by atoms with Gasteiger partial charge < -0.3 is 5.32 Å². The highest BCUT2D eigenvalue weighted by molar-refractivity contribution is 6.32. The van der Waals surface area contributed by atoms with Gasteiger partial charge in [-0.15, -0.1) is 0 Å². The van der Waals surface area contributed by atoms with Crippen LogP contribution < -0.4 is 5.32 Å². The molecule has 1 aromatic rings. The van der Waals surface area contributed by atoms with Crippen molar-refractivity contribution in [1.29, 1.82) is 0 Å². The number of aldehydes is 1. The van der Waals surface area contributed by atoms with E-state index in [1.807, 2.05) is 13.8 Å². The summed E-state index contributed by atoms with van der Waals surface area (Å²) in [6, 6.07) is 0.288. The monoisotopic (exact) mass is 247 g/mol. The van der Waals surface area contributed by atoms with Crippen LogP contribution in [0, 0.1) is 0 Å². The van der Waals surface area contributed by atoms with E-state index in [1.165, 1.54) is 0 Å². The van der Waals surface area contributed by atoms with Crippen LogP contribution in [0.1, 0.15) is 29.9 Å². The van der Waals surface area contributed by atoms with Gasteiger partial charge in [0, 0.05) is 18.2 Å². The van der Waals surface area contributed by atoms with Crippen molar-refractivity contribution in [1.82, 2.24) is 15.3 Å². The predicted molar refractivity (Wildman–Crippen MR) is 59.4 cm³/mol. The smallest absolute Gasteiger partial charge is 0.224 e. The van der Waals surface area contributed by atoms with E-state index in [1.54, 1.807) is 0 Å². The van der Waals surface area contributed by atoms with Crippen LogP contribution in [-0.2, 0) is 6.54 Å². The highest BCUT2D eigenvalue weighted by Gasteiger charge is 2.11. The van der Waals surface area contributed by atoms with Crippen LogP contribution >= 0.6 is 23.2 Å². The van der Waals surface area contributed by atoms with Gasteiger partial charge in [-0.3, -0.25) is 4.79 Å². The Hall–Kier alpha value is -0.710. The van der Waals surface area contributed by atoms with Gasteiger partial charge in [0.15, 0.2) is 6.29 Å². The van der Waals surface area contributed by atoms with Gasteiger partial charge in [-0.05, 0) is 11.6 Å². The summed E-state index contributed by atoms with van der Waals surface area (Å²) in [5.74, 6) is 0. The molecule has 0 fully saturated rings. The molecule has 0 amide bonds. The summed E-state index contributed by atoms with van der Waals surface area (Å²) in [5, 5.41) is 3.33. The second-order valence-corrected chi connectivity index (χ2v) is 4.00. The molecule has 6 heteroatoms.